The highest BCUT2D eigenvalue weighted by Gasteiger charge is 2.30. The van der Waals surface area contributed by atoms with Gasteiger partial charge < -0.3 is 14.8 Å². The van der Waals surface area contributed by atoms with Crippen molar-refractivity contribution >= 4 is 5.91 Å². The van der Waals surface area contributed by atoms with E-state index in [1.54, 1.807) is 38.5 Å². The molecule has 166 valence electrons. The lowest BCUT2D eigenvalue weighted by molar-refractivity contribution is 0.0925. The first kappa shape index (κ1) is 21.8. The summed E-state index contributed by atoms with van der Waals surface area (Å²) in [6.07, 6.45) is 0.799. The Hall–Kier alpha value is -3.38. The van der Waals surface area contributed by atoms with Gasteiger partial charge in [0.1, 0.15) is 5.82 Å². The van der Waals surface area contributed by atoms with Crippen LogP contribution in [0, 0.1) is 5.82 Å². The van der Waals surface area contributed by atoms with Crippen LogP contribution in [-0.4, -0.2) is 38.1 Å². The van der Waals surface area contributed by atoms with E-state index < -0.39 is 0 Å². The van der Waals surface area contributed by atoms with Crippen molar-refractivity contribution in [3.63, 3.8) is 0 Å². The molecule has 5 nitrogen and oxygen atoms in total. The van der Waals surface area contributed by atoms with Crippen LogP contribution in [0.3, 0.4) is 0 Å². The Morgan fingerprint density at radius 3 is 2.44 bits per heavy atom. The Kier molecular flexibility index (Phi) is 6.71. The zero-order valence-electron chi connectivity index (χ0n) is 18.3. The molecule has 0 aromatic heterocycles. The quantitative estimate of drug-likeness (QED) is 0.600. The summed E-state index contributed by atoms with van der Waals surface area (Å²) in [4.78, 5) is 14.9. The number of hydrogen-bond donors (Lipinski definition) is 1. The van der Waals surface area contributed by atoms with Crippen LogP contribution in [0.25, 0.3) is 0 Å². The lowest BCUT2D eigenvalue weighted by Gasteiger charge is -2.38. The van der Waals surface area contributed by atoms with Gasteiger partial charge in [0.2, 0.25) is 0 Å². The molecule has 32 heavy (non-hydrogen) atoms. The Morgan fingerprint density at radius 2 is 1.72 bits per heavy atom. The van der Waals surface area contributed by atoms with Gasteiger partial charge in [-0.25, -0.2) is 4.39 Å². The molecule has 1 aliphatic rings. The number of methoxy groups -OCH3 is 2. The molecule has 3 aromatic rings. The van der Waals surface area contributed by atoms with E-state index in [0.717, 1.165) is 24.1 Å². The normalized spacial score (nSPS) is 15.7. The molecule has 1 N–H and O–H groups in total. The summed E-state index contributed by atoms with van der Waals surface area (Å²) in [7, 11) is 3.23. The van der Waals surface area contributed by atoms with E-state index >= 15 is 0 Å². The largest absolute Gasteiger partial charge is 0.493 e. The van der Waals surface area contributed by atoms with Crippen molar-refractivity contribution < 1.29 is 18.7 Å². The fraction of sp³-hybridized carbons (Fsp3) is 0.269. The number of rotatable bonds is 7. The third-order valence-electron chi connectivity index (χ3n) is 5.94. The highest BCUT2D eigenvalue weighted by molar-refractivity contribution is 5.94. The molecule has 1 amide bonds. The molecule has 0 radical (unpaired) electrons. The van der Waals surface area contributed by atoms with Gasteiger partial charge in [0.15, 0.2) is 11.5 Å². The molecule has 0 unspecified atom stereocenters. The van der Waals surface area contributed by atoms with Gasteiger partial charge in [-0.3, -0.25) is 9.69 Å². The second-order valence-corrected chi connectivity index (χ2v) is 7.81. The molecule has 6 heteroatoms. The van der Waals surface area contributed by atoms with E-state index in [1.807, 2.05) is 36.4 Å². The molecule has 1 heterocycles. The average Bonchev–Trinajstić information content (AvgIpc) is 2.84. The van der Waals surface area contributed by atoms with Gasteiger partial charge >= 0.3 is 0 Å². The molecule has 0 aliphatic carbocycles. The Balaban J connectivity index is 1.64. The van der Waals surface area contributed by atoms with Crippen LogP contribution in [0.2, 0.25) is 0 Å². The van der Waals surface area contributed by atoms with Crippen molar-refractivity contribution in [1.29, 1.82) is 0 Å². The van der Waals surface area contributed by atoms with Gasteiger partial charge in [0.05, 0.1) is 20.3 Å². The van der Waals surface area contributed by atoms with E-state index in [4.69, 9.17) is 9.47 Å². The number of hydrogen-bond acceptors (Lipinski definition) is 4. The summed E-state index contributed by atoms with van der Waals surface area (Å²) < 4.78 is 25.4. The minimum Gasteiger partial charge on any atom is -0.493 e. The second-order valence-electron chi connectivity index (χ2n) is 7.81. The van der Waals surface area contributed by atoms with E-state index in [9.17, 15) is 9.18 Å². The summed E-state index contributed by atoms with van der Waals surface area (Å²) >= 11 is 0. The number of fused-ring (bicyclic) bond motifs is 1. The van der Waals surface area contributed by atoms with Crippen molar-refractivity contribution in [1.82, 2.24) is 10.2 Å². The Bertz CT molecular complexity index is 1090. The molecule has 0 spiro atoms. The minimum absolute atomic E-state index is 0.133. The van der Waals surface area contributed by atoms with E-state index in [0.29, 0.717) is 35.7 Å². The minimum atomic E-state index is -0.224. The summed E-state index contributed by atoms with van der Waals surface area (Å²) in [6.45, 7) is 1.58. The highest BCUT2D eigenvalue weighted by Crippen LogP contribution is 2.38. The van der Waals surface area contributed by atoms with Gasteiger partial charge in [-0.2, -0.15) is 0 Å². The fourth-order valence-corrected chi connectivity index (χ4v) is 4.23. The van der Waals surface area contributed by atoms with Crippen molar-refractivity contribution in [2.24, 2.45) is 0 Å². The average molecular weight is 435 g/mol. The number of amides is 1. The van der Waals surface area contributed by atoms with Crippen LogP contribution in [0.15, 0.2) is 66.7 Å². The number of carbonyl (C=O) groups is 1. The molecule has 0 saturated heterocycles. The number of nitrogens with one attached hydrogen (secondary N) is 1. The summed E-state index contributed by atoms with van der Waals surface area (Å²) in [5.41, 5.74) is 3.44. The topological polar surface area (TPSA) is 50.8 Å². The predicted molar refractivity (Wildman–Crippen MR) is 122 cm³/mol. The van der Waals surface area contributed by atoms with Crippen LogP contribution in [0.5, 0.6) is 11.5 Å². The van der Waals surface area contributed by atoms with Crippen LogP contribution >= 0.6 is 0 Å². The molecule has 1 atom stereocenters. The van der Waals surface area contributed by atoms with Gasteiger partial charge in [-0.1, -0.05) is 36.4 Å². The summed E-state index contributed by atoms with van der Waals surface area (Å²) in [5, 5.41) is 3.06. The predicted octanol–water partition coefficient (Wildman–Crippen LogP) is 4.37. The monoisotopic (exact) mass is 434 g/mol. The summed E-state index contributed by atoms with van der Waals surface area (Å²) in [6, 6.07) is 19.8. The van der Waals surface area contributed by atoms with E-state index in [1.165, 1.54) is 6.07 Å². The molecule has 4 rings (SSSR count). The number of carbonyl (C=O) groups excluding carboxylic acids is 1. The van der Waals surface area contributed by atoms with Crippen molar-refractivity contribution in [2.45, 2.75) is 19.0 Å². The third-order valence-corrected chi connectivity index (χ3v) is 5.94. The zero-order chi connectivity index (χ0) is 22.5. The van der Waals surface area contributed by atoms with Crippen LogP contribution in [-0.2, 0) is 13.0 Å². The maximum Gasteiger partial charge on any atom is 0.251 e. The number of nitrogens with zero attached hydrogens (tertiary/aromatic N) is 1. The van der Waals surface area contributed by atoms with Gasteiger partial charge in [-0.15, -0.1) is 0 Å². The highest BCUT2D eigenvalue weighted by atomic mass is 19.1. The lowest BCUT2D eigenvalue weighted by Crippen LogP contribution is -2.42. The first-order chi connectivity index (χ1) is 15.6. The molecular weight excluding hydrogens is 407 g/mol. The Labute approximate surface area is 187 Å². The van der Waals surface area contributed by atoms with Crippen molar-refractivity contribution in [3.8, 4) is 11.5 Å². The van der Waals surface area contributed by atoms with Gasteiger partial charge in [0, 0.05) is 30.8 Å². The standard InChI is InChI=1S/C26H27FN2O3/c1-31-24-14-19-12-13-29(17-20-10-6-7-11-22(20)27)23(21(19)15-25(24)32-2)16-28-26(30)18-8-4-3-5-9-18/h3-11,14-15,23H,12-13,16-17H2,1-2H3,(H,28,30)/t23-/m0/s1. The molecule has 0 bridgehead atoms. The van der Waals surface area contributed by atoms with E-state index in [-0.39, 0.29) is 17.8 Å². The number of halogens is 1. The second kappa shape index (κ2) is 9.83. The maximum atomic E-state index is 14.4. The third kappa shape index (κ3) is 4.60. The number of benzene rings is 3. The fourth-order valence-electron chi connectivity index (χ4n) is 4.23. The molecule has 0 saturated carbocycles. The maximum absolute atomic E-state index is 14.4. The molecule has 3 aromatic carbocycles. The lowest BCUT2D eigenvalue weighted by atomic mass is 9.91. The molecule has 0 fully saturated rings. The number of ether oxygens (including phenoxy) is 2. The Morgan fingerprint density at radius 1 is 1.03 bits per heavy atom. The zero-order valence-corrected chi connectivity index (χ0v) is 18.3. The van der Waals surface area contributed by atoms with Crippen molar-refractivity contribution in [2.75, 3.05) is 27.3 Å². The smallest absolute Gasteiger partial charge is 0.251 e. The van der Waals surface area contributed by atoms with Gasteiger partial charge in [-0.05, 0) is 47.9 Å². The first-order valence-corrected chi connectivity index (χ1v) is 10.7. The molecule has 1 aliphatic heterocycles. The van der Waals surface area contributed by atoms with Crippen LogP contribution in [0.4, 0.5) is 4.39 Å². The SMILES string of the molecule is COc1cc2c(cc1OC)[C@H](CNC(=O)c1ccccc1)N(Cc1ccccc1F)CC2. The molecular formula is C26H27FN2O3. The van der Waals surface area contributed by atoms with Crippen LogP contribution in [0.1, 0.15) is 33.1 Å². The first-order valence-electron chi connectivity index (χ1n) is 10.7. The van der Waals surface area contributed by atoms with Crippen molar-refractivity contribution in [3.05, 3.63) is 94.8 Å². The van der Waals surface area contributed by atoms with E-state index in [2.05, 4.69) is 10.2 Å². The van der Waals surface area contributed by atoms with Gasteiger partial charge in [0.25, 0.3) is 5.91 Å². The van der Waals surface area contributed by atoms with Crippen LogP contribution < -0.4 is 14.8 Å². The summed E-state index contributed by atoms with van der Waals surface area (Å²) in [5.74, 6) is 0.959.